The van der Waals surface area contributed by atoms with Crippen molar-refractivity contribution in [1.82, 2.24) is 15.5 Å². The van der Waals surface area contributed by atoms with E-state index < -0.39 is 6.09 Å². The van der Waals surface area contributed by atoms with E-state index >= 15 is 0 Å². The van der Waals surface area contributed by atoms with Gasteiger partial charge in [-0.25, -0.2) is 4.79 Å². The number of nitrogens with one attached hydrogen (secondary N) is 2. The quantitative estimate of drug-likeness (QED) is 0.610. The fraction of sp³-hybridized carbons (Fsp3) is 0.600. The minimum atomic E-state index is -0.554. The van der Waals surface area contributed by atoms with E-state index in [0.717, 1.165) is 12.8 Å². The van der Waals surface area contributed by atoms with Gasteiger partial charge in [0.15, 0.2) is 4.34 Å². The van der Waals surface area contributed by atoms with Gasteiger partial charge in [0.2, 0.25) is 11.0 Å². The van der Waals surface area contributed by atoms with Gasteiger partial charge in [-0.2, -0.15) is 0 Å². The summed E-state index contributed by atoms with van der Waals surface area (Å²) in [4.78, 5) is 22.6. The average Bonchev–Trinajstić information content (AvgIpc) is 3.05. The molecule has 1 aromatic heterocycles. The molecule has 2 amide bonds. The molecule has 0 bridgehead atoms. The van der Waals surface area contributed by atoms with E-state index in [2.05, 4.69) is 20.8 Å². The Hall–Kier alpha value is -1.35. The molecule has 7 nitrogen and oxygen atoms in total. The highest BCUT2D eigenvalue weighted by Gasteiger charge is 2.23. The summed E-state index contributed by atoms with van der Waals surface area (Å²) in [5, 5.41) is 13.4. The van der Waals surface area contributed by atoms with Gasteiger partial charge in [-0.15, -0.1) is 10.2 Å². The molecule has 0 radical (unpaired) electrons. The third-order valence-electron chi connectivity index (χ3n) is 2.16. The van der Waals surface area contributed by atoms with Crippen LogP contribution in [0.2, 0.25) is 0 Å². The number of carbonyl (C=O) groups is 2. The van der Waals surface area contributed by atoms with E-state index in [1.165, 1.54) is 23.1 Å². The Morgan fingerprint density at radius 3 is 2.95 bits per heavy atom. The van der Waals surface area contributed by atoms with Crippen LogP contribution in [0.1, 0.15) is 19.8 Å². The molecule has 0 spiro atoms. The number of thioether (sulfide) groups is 1. The second kappa shape index (κ2) is 6.71. The second-order valence-corrected chi connectivity index (χ2v) is 6.05. The molecule has 0 aliphatic heterocycles. The van der Waals surface area contributed by atoms with Crippen molar-refractivity contribution in [1.29, 1.82) is 0 Å². The van der Waals surface area contributed by atoms with Gasteiger partial charge in [-0.1, -0.05) is 23.1 Å². The molecule has 1 aliphatic rings. The predicted octanol–water partition coefficient (Wildman–Crippen LogP) is 1.48. The lowest BCUT2D eigenvalue weighted by molar-refractivity contribution is -0.118. The molecule has 0 unspecified atom stereocenters. The number of carbonyl (C=O) groups excluding carboxylic acids is 2. The molecule has 104 valence electrons. The maximum atomic E-state index is 11.5. The molecule has 9 heteroatoms. The first-order chi connectivity index (χ1) is 9.17. The molecular weight excluding hydrogens is 288 g/mol. The third kappa shape index (κ3) is 5.03. The van der Waals surface area contributed by atoms with Gasteiger partial charge >= 0.3 is 6.09 Å². The van der Waals surface area contributed by atoms with Crippen LogP contribution in [0.4, 0.5) is 9.93 Å². The molecule has 0 saturated heterocycles. The summed E-state index contributed by atoms with van der Waals surface area (Å²) < 4.78 is 5.36. The topological polar surface area (TPSA) is 93.2 Å². The first-order valence-corrected chi connectivity index (χ1v) is 7.67. The summed E-state index contributed by atoms with van der Waals surface area (Å²) in [6.07, 6.45) is 1.59. The highest BCUT2D eigenvalue weighted by Crippen LogP contribution is 2.26. The summed E-state index contributed by atoms with van der Waals surface area (Å²) in [6.45, 7) is 2.02. The number of anilines is 1. The molecular formula is C10H14N4O3S2. The normalized spacial score (nSPS) is 13.9. The Kier molecular flexibility index (Phi) is 4.97. The largest absolute Gasteiger partial charge is 0.450 e. The highest BCUT2D eigenvalue weighted by atomic mass is 32.2. The Morgan fingerprint density at radius 1 is 1.47 bits per heavy atom. The molecule has 1 saturated carbocycles. The smallest absolute Gasteiger partial charge is 0.413 e. The van der Waals surface area contributed by atoms with Crippen LogP contribution < -0.4 is 10.6 Å². The standard InChI is InChI=1S/C10H14N4O3S2/c1-2-17-9(16)12-8-13-14-10(19-8)18-5-7(15)11-6-3-4-6/h6H,2-5H2,1H3,(H,11,15)(H,12,13,16). The van der Waals surface area contributed by atoms with Crippen LogP contribution in [-0.4, -0.2) is 40.6 Å². The first-order valence-electron chi connectivity index (χ1n) is 5.87. The fourth-order valence-corrected chi connectivity index (χ4v) is 2.75. The van der Waals surface area contributed by atoms with Gasteiger partial charge in [0.1, 0.15) is 0 Å². The minimum absolute atomic E-state index is 0.00241. The van der Waals surface area contributed by atoms with Gasteiger partial charge in [0, 0.05) is 6.04 Å². The molecule has 1 fully saturated rings. The molecule has 0 aromatic carbocycles. The van der Waals surface area contributed by atoms with E-state index in [1.54, 1.807) is 6.92 Å². The predicted molar refractivity (Wildman–Crippen MR) is 72.4 cm³/mol. The van der Waals surface area contributed by atoms with Crippen LogP contribution in [0.3, 0.4) is 0 Å². The Balaban J connectivity index is 1.73. The van der Waals surface area contributed by atoms with Gasteiger partial charge in [-0.05, 0) is 19.8 Å². The first kappa shape index (κ1) is 14.1. The summed E-state index contributed by atoms with van der Waals surface area (Å²) in [7, 11) is 0. The van der Waals surface area contributed by atoms with Crippen LogP contribution in [0.15, 0.2) is 4.34 Å². The zero-order valence-corrected chi connectivity index (χ0v) is 12.0. The van der Waals surface area contributed by atoms with Crippen molar-refractivity contribution in [3.8, 4) is 0 Å². The van der Waals surface area contributed by atoms with E-state index in [4.69, 9.17) is 4.74 Å². The second-order valence-electron chi connectivity index (χ2n) is 3.85. The van der Waals surface area contributed by atoms with Gasteiger partial charge in [0.25, 0.3) is 0 Å². The van der Waals surface area contributed by atoms with Gasteiger partial charge < -0.3 is 10.1 Å². The SMILES string of the molecule is CCOC(=O)Nc1nnc(SCC(=O)NC2CC2)s1. The zero-order valence-electron chi connectivity index (χ0n) is 10.3. The lowest BCUT2D eigenvalue weighted by Crippen LogP contribution is -2.26. The minimum Gasteiger partial charge on any atom is -0.450 e. The highest BCUT2D eigenvalue weighted by molar-refractivity contribution is 8.01. The molecule has 1 aliphatic carbocycles. The van der Waals surface area contributed by atoms with Crippen LogP contribution in [0.25, 0.3) is 0 Å². The van der Waals surface area contributed by atoms with Gasteiger partial charge in [-0.3, -0.25) is 10.1 Å². The molecule has 19 heavy (non-hydrogen) atoms. The average molecular weight is 302 g/mol. The fourth-order valence-electron chi connectivity index (χ4n) is 1.20. The van der Waals surface area contributed by atoms with Crippen molar-refractivity contribution in [2.75, 3.05) is 17.7 Å². The Morgan fingerprint density at radius 2 is 2.26 bits per heavy atom. The van der Waals surface area contributed by atoms with E-state index in [1.807, 2.05) is 0 Å². The molecule has 1 heterocycles. The monoisotopic (exact) mass is 302 g/mol. The summed E-state index contributed by atoms with van der Waals surface area (Å²) >= 11 is 2.51. The van der Waals surface area contributed by atoms with Crippen molar-refractivity contribution in [3.05, 3.63) is 0 Å². The van der Waals surface area contributed by atoms with Gasteiger partial charge in [0.05, 0.1) is 12.4 Å². The number of hydrogen-bond acceptors (Lipinski definition) is 7. The summed E-state index contributed by atoms with van der Waals surface area (Å²) in [6, 6.07) is 0.364. The molecule has 2 rings (SSSR count). The number of rotatable bonds is 6. The molecule has 0 atom stereocenters. The number of hydrogen-bond donors (Lipinski definition) is 2. The number of nitrogens with zero attached hydrogens (tertiary/aromatic N) is 2. The van der Waals surface area contributed by atoms with E-state index in [9.17, 15) is 9.59 Å². The summed E-state index contributed by atoms with van der Waals surface area (Å²) in [5.41, 5.74) is 0. The zero-order chi connectivity index (χ0) is 13.7. The Bertz CT molecular complexity index is 461. The number of ether oxygens (including phenoxy) is 1. The van der Waals surface area contributed by atoms with E-state index in [-0.39, 0.29) is 5.91 Å². The van der Waals surface area contributed by atoms with Crippen LogP contribution in [0.5, 0.6) is 0 Å². The third-order valence-corrected chi connectivity index (χ3v) is 4.13. The maximum absolute atomic E-state index is 11.5. The van der Waals surface area contributed by atoms with Crippen molar-refractivity contribution in [3.63, 3.8) is 0 Å². The van der Waals surface area contributed by atoms with Crippen molar-refractivity contribution >= 4 is 40.2 Å². The molecule has 1 aromatic rings. The summed E-state index contributed by atoms with van der Waals surface area (Å²) in [5.74, 6) is 0.312. The lowest BCUT2D eigenvalue weighted by Gasteiger charge is -2.00. The van der Waals surface area contributed by atoms with E-state index in [0.29, 0.717) is 27.9 Å². The van der Waals surface area contributed by atoms with Crippen molar-refractivity contribution in [2.45, 2.75) is 30.1 Å². The maximum Gasteiger partial charge on any atom is 0.413 e. The Labute approximate surface area is 118 Å². The van der Waals surface area contributed by atoms with Crippen LogP contribution in [0, 0.1) is 0 Å². The van der Waals surface area contributed by atoms with Crippen molar-refractivity contribution in [2.24, 2.45) is 0 Å². The number of amides is 2. The lowest BCUT2D eigenvalue weighted by atomic mass is 10.6. The van der Waals surface area contributed by atoms with Crippen molar-refractivity contribution < 1.29 is 14.3 Å². The number of aromatic nitrogens is 2. The van der Waals surface area contributed by atoms with Crippen LogP contribution >= 0.6 is 23.1 Å². The van der Waals surface area contributed by atoms with Crippen LogP contribution in [-0.2, 0) is 9.53 Å². The molecule has 2 N–H and O–H groups in total.